The third-order valence-electron chi connectivity index (χ3n) is 3.60. The minimum atomic E-state index is -0.297. The Balaban J connectivity index is 2.14. The minimum absolute atomic E-state index is 0.191. The molecule has 1 unspecified atom stereocenters. The van der Waals surface area contributed by atoms with Crippen molar-refractivity contribution in [3.05, 3.63) is 29.5 Å². The molecule has 1 aromatic carbocycles. The molecule has 1 aromatic heterocycles. The van der Waals surface area contributed by atoms with Gasteiger partial charge in [-0.25, -0.2) is 0 Å². The molecule has 2 heterocycles. The quantitative estimate of drug-likeness (QED) is 0.785. The Bertz CT molecular complexity index is 687. The van der Waals surface area contributed by atoms with E-state index in [0.29, 0.717) is 12.8 Å². The van der Waals surface area contributed by atoms with E-state index in [1.165, 1.54) is 0 Å². The van der Waals surface area contributed by atoms with Crippen LogP contribution in [0.4, 0.5) is 0 Å². The summed E-state index contributed by atoms with van der Waals surface area (Å²) in [5.41, 5.74) is 2.91. The lowest BCUT2D eigenvalue weighted by Gasteiger charge is -2.21. The van der Waals surface area contributed by atoms with Crippen molar-refractivity contribution in [2.75, 3.05) is 0 Å². The van der Waals surface area contributed by atoms with Gasteiger partial charge in [-0.05, 0) is 25.5 Å². The van der Waals surface area contributed by atoms with E-state index in [4.69, 9.17) is 0 Å². The van der Waals surface area contributed by atoms with Gasteiger partial charge < -0.3 is 0 Å². The number of fused-ring (bicyclic) bond motifs is 1. The SMILES string of the molecule is Cc1ccc2nn(C)c(C3CCC(=O)NC3=O)c2c1. The normalized spacial score (nSPS) is 19.8. The Morgan fingerprint density at radius 2 is 2.16 bits per heavy atom. The van der Waals surface area contributed by atoms with Crippen LogP contribution >= 0.6 is 0 Å². The Morgan fingerprint density at radius 1 is 1.37 bits per heavy atom. The fraction of sp³-hybridized carbons (Fsp3) is 0.357. The van der Waals surface area contributed by atoms with E-state index >= 15 is 0 Å². The molecule has 5 heteroatoms. The fourth-order valence-corrected chi connectivity index (χ4v) is 2.70. The highest BCUT2D eigenvalue weighted by molar-refractivity contribution is 6.02. The van der Waals surface area contributed by atoms with E-state index in [-0.39, 0.29) is 17.7 Å². The van der Waals surface area contributed by atoms with Crippen molar-refractivity contribution in [2.45, 2.75) is 25.7 Å². The molecule has 0 saturated carbocycles. The van der Waals surface area contributed by atoms with Crippen LogP contribution in [0.5, 0.6) is 0 Å². The molecule has 98 valence electrons. The van der Waals surface area contributed by atoms with E-state index in [2.05, 4.69) is 10.4 Å². The topological polar surface area (TPSA) is 64.0 Å². The van der Waals surface area contributed by atoms with Gasteiger partial charge in [0.25, 0.3) is 0 Å². The molecule has 2 amide bonds. The molecule has 1 N–H and O–H groups in total. The number of amides is 2. The van der Waals surface area contributed by atoms with Crippen molar-refractivity contribution >= 4 is 22.7 Å². The number of piperidine rings is 1. The molecule has 0 aliphatic carbocycles. The number of hydrogen-bond acceptors (Lipinski definition) is 3. The second-order valence-electron chi connectivity index (χ2n) is 5.03. The molecule has 0 radical (unpaired) electrons. The Morgan fingerprint density at radius 3 is 2.89 bits per heavy atom. The van der Waals surface area contributed by atoms with Crippen LogP contribution in [0.15, 0.2) is 18.2 Å². The van der Waals surface area contributed by atoms with E-state index in [1.807, 2.05) is 32.2 Å². The predicted octanol–water partition coefficient (Wildman–Crippen LogP) is 1.40. The number of benzene rings is 1. The maximum Gasteiger partial charge on any atom is 0.235 e. The summed E-state index contributed by atoms with van der Waals surface area (Å²) in [4.78, 5) is 23.2. The Hall–Kier alpha value is -2.17. The molecular weight excluding hydrogens is 242 g/mol. The summed E-state index contributed by atoms with van der Waals surface area (Å²) in [5.74, 6) is -0.707. The lowest BCUT2D eigenvalue weighted by Crippen LogP contribution is -2.40. The first-order valence-electron chi connectivity index (χ1n) is 6.33. The minimum Gasteiger partial charge on any atom is -0.296 e. The number of imide groups is 1. The van der Waals surface area contributed by atoms with Gasteiger partial charge in [-0.3, -0.25) is 19.6 Å². The smallest absolute Gasteiger partial charge is 0.235 e. The summed E-state index contributed by atoms with van der Waals surface area (Å²) in [7, 11) is 1.84. The van der Waals surface area contributed by atoms with Gasteiger partial charge in [0, 0.05) is 18.9 Å². The standard InChI is InChI=1S/C14H15N3O2/c1-8-3-5-11-10(7-8)13(17(2)16-11)9-4-6-12(18)15-14(9)19/h3,5,7,9H,4,6H2,1-2H3,(H,15,18,19). The Labute approximate surface area is 110 Å². The van der Waals surface area contributed by atoms with Gasteiger partial charge in [0.2, 0.25) is 11.8 Å². The van der Waals surface area contributed by atoms with Crippen molar-refractivity contribution < 1.29 is 9.59 Å². The van der Waals surface area contributed by atoms with Crippen LogP contribution < -0.4 is 5.32 Å². The van der Waals surface area contributed by atoms with E-state index in [0.717, 1.165) is 22.2 Å². The Kier molecular flexibility index (Phi) is 2.62. The second-order valence-corrected chi connectivity index (χ2v) is 5.03. The molecule has 19 heavy (non-hydrogen) atoms. The van der Waals surface area contributed by atoms with Crippen LogP contribution in [-0.2, 0) is 16.6 Å². The van der Waals surface area contributed by atoms with Gasteiger partial charge >= 0.3 is 0 Å². The molecule has 0 spiro atoms. The lowest BCUT2D eigenvalue weighted by molar-refractivity contribution is -0.134. The van der Waals surface area contributed by atoms with Crippen LogP contribution in [-0.4, -0.2) is 21.6 Å². The van der Waals surface area contributed by atoms with Crippen molar-refractivity contribution in [3.63, 3.8) is 0 Å². The maximum absolute atomic E-state index is 12.0. The van der Waals surface area contributed by atoms with Crippen molar-refractivity contribution in [3.8, 4) is 0 Å². The van der Waals surface area contributed by atoms with Crippen molar-refractivity contribution in [1.29, 1.82) is 0 Å². The van der Waals surface area contributed by atoms with Gasteiger partial charge in [0.05, 0.1) is 17.1 Å². The highest BCUT2D eigenvalue weighted by atomic mass is 16.2. The third-order valence-corrected chi connectivity index (χ3v) is 3.60. The zero-order valence-electron chi connectivity index (χ0n) is 10.9. The summed E-state index contributed by atoms with van der Waals surface area (Å²) in [6.07, 6.45) is 0.933. The average molecular weight is 257 g/mol. The monoisotopic (exact) mass is 257 g/mol. The van der Waals surface area contributed by atoms with Gasteiger partial charge in [-0.15, -0.1) is 0 Å². The number of nitrogens with zero attached hydrogens (tertiary/aromatic N) is 2. The van der Waals surface area contributed by atoms with Crippen LogP contribution in [0.25, 0.3) is 10.9 Å². The molecule has 5 nitrogen and oxygen atoms in total. The van der Waals surface area contributed by atoms with Crippen LogP contribution in [0.3, 0.4) is 0 Å². The molecule has 1 saturated heterocycles. The van der Waals surface area contributed by atoms with Crippen LogP contribution in [0.1, 0.15) is 30.0 Å². The first-order chi connectivity index (χ1) is 9.06. The number of nitrogens with one attached hydrogen (secondary N) is 1. The van der Waals surface area contributed by atoms with E-state index < -0.39 is 0 Å². The van der Waals surface area contributed by atoms with Crippen LogP contribution in [0, 0.1) is 6.92 Å². The molecule has 1 atom stereocenters. The fourth-order valence-electron chi connectivity index (χ4n) is 2.70. The van der Waals surface area contributed by atoms with E-state index in [9.17, 15) is 9.59 Å². The largest absolute Gasteiger partial charge is 0.296 e. The maximum atomic E-state index is 12.0. The summed E-state index contributed by atoms with van der Waals surface area (Å²) in [6, 6.07) is 6.00. The molecule has 1 aliphatic heterocycles. The molecule has 0 bridgehead atoms. The number of hydrogen-bond donors (Lipinski definition) is 1. The predicted molar refractivity (Wildman–Crippen MR) is 70.6 cm³/mol. The molecule has 1 aliphatic rings. The van der Waals surface area contributed by atoms with Crippen LogP contribution in [0.2, 0.25) is 0 Å². The molecule has 2 aromatic rings. The highest BCUT2D eigenvalue weighted by Crippen LogP contribution is 2.31. The molecule has 1 fully saturated rings. The first-order valence-corrected chi connectivity index (χ1v) is 6.33. The number of carbonyl (C=O) groups is 2. The van der Waals surface area contributed by atoms with Gasteiger partial charge in [-0.2, -0.15) is 5.10 Å². The number of aromatic nitrogens is 2. The molecule has 3 rings (SSSR count). The summed E-state index contributed by atoms with van der Waals surface area (Å²) >= 11 is 0. The van der Waals surface area contributed by atoms with Gasteiger partial charge in [-0.1, -0.05) is 11.6 Å². The second kappa shape index (κ2) is 4.19. The highest BCUT2D eigenvalue weighted by Gasteiger charge is 2.31. The number of carbonyl (C=O) groups excluding carboxylic acids is 2. The zero-order valence-corrected chi connectivity index (χ0v) is 10.9. The first kappa shape index (κ1) is 11.9. The summed E-state index contributed by atoms with van der Waals surface area (Å²) < 4.78 is 1.75. The number of rotatable bonds is 1. The van der Waals surface area contributed by atoms with E-state index in [1.54, 1.807) is 4.68 Å². The molecular formula is C14H15N3O2. The number of aryl methyl sites for hydroxylation is 2. The van der Waals surface area contributed by atoms with Crippen molar-refractivity contribution in [1.82, 2.24) is 15.1 Å². The summed E-state index contributed by atoms with van der Waals surface area (Å²) in [6.45, 7) is 2.01. The summed E-state index contributed by atoms with van der Waals surface area (Å²) in [5, 5.41) is 7.84. The van der Waals surface area contributed by atoms with Gasteiger partial charge in [0.15, 0.2) is 0 Å². The third kappa shape index (κ3) is 1.91. The average Bonchev–Trinajstić information content (AvgIpc) is 2.65. The lowest BCUT2D eigenvalue weighted by atomic mass is 9.92. The van der Waals surface area contributed by atoms with Crippen molar-refractivity contribution in [2.24, 2.45) is 7.05 Å². The zero-order chi connectivity index (χ0) is 13.6. The van der Waals surface area contributed by atoms with Gasteiger partial charge in [0.1, 0.15) is 0 Å².